The van der Waals surface area contributed by atoms with Gasteiger partial charge in [-0.1, -0.05) is 108 Å². The van der Waals surface area contributed by atoms with Crippen LogP contribution in [-0.4, -0.2) is 69.9 Å². The van der Waals surface area contributed by atoms with E-state index in [1.165, 1.54) is 23.6 Å². The Morgan fingerprint density at radius 1 is 0.550 bits per heavy atom. The van der Waals surface area contributed by atoms with Gasteiger partial charge in [0.05, 0.1) is 71.4 Å². The zero-order valence-electron chi connectivity index (χ0n) is 25.2. The van der Waals surface area contributed by atoms with Gasteiger partial charge in [0.15, 0.2) is 0 Å². The van der Waals surface area contributed by atoms with Crippen LogP contribution < -0.4 is 0 Å². The Bertz CT molecular complexity index is 827. The van der Waals surface area contributed by atoms with Crippen molar-refractivity contribution in [2.24, 2.45) is 0 Å². The van der Waals surface area contributed by atoms with Crippen LogP contribution in [0.3, 0.4) is 0 Å². The molecule has 7 heteroatoms. The fourth-order valence-corrected chi connectivity index (χ4v) is 2.46. The molecule has 0 aromatic heterocycles. The first-order valence-corrected chi connectivity index (χ1v) is 15.2. The molecule has 2 heterocycles. The lowest BCUT2D eigenvalue weighted by molar-refractivity contribution is -0.0334. The first-order valence-electron chi connectivity index (χ1n) is 13.3. The Balaban J connectivity index is 0. The standard InChI is InChI=1S/C8H10.C7H8.C6H6.2C4H8O2.C2H3N.C2H6OS/c1-7-5-3-4-6-8(7)2;1-7-5-3-2-4-6-7;1-2-4-6-5-3-1;2*1-2-6-4-3-5-1;1-2-3;1-4(2)3/h3-6H,1-2H3;2-6H,1H3;1-6H;2*1-4H2;1H3;1-2H3. The molecule has 222 valence electrons. The van der Waals surface area contributed by atoms with Crippen LogP contribution in [0, 0.1) is 32.1 Å². The molecule has 0 saturated carbocycles. The molecule has 40 heavy (non-hydrogen) atoms. The van der Waals surface area contributed by atoms with Gasteiger partial charge in [-0.2, -0.15) is 5.26 Å². The third kappa shape index (κ3) is 35.3. The van der Waals surface area contributed by atoms with E-state index in [2.05, 4.69) is 57.2 Å². The van der Waals surface area contributed by atoms with E-state index in [4.69, 9.17) is 24.2 Å². The number of rotatable bonds is 0. The largest absolute Gasteiger partial charge is 0.617 e. The molecule has 0 atom stereocenters. The van der Waals surface area contributed by atoms with Crippen molar-refractivity contribution >= 4 is 11.2 Å². The van der Waals surface area contributed by atoms with Gasteiger partial charge in [0, 0.05) is 6.92 Å². The van der Waals surface area contributed by atoms with Crippen LogP contribution in [0.4, 0.5) is 0 Å². The van der Waals surface area contributed by atoms with Crippen molar-refractivity contribution in [2.45, 2.75) is 27.7 Å². The van der Waals surface area contributed by atoms with Gasteiger partial charge < -0.3 is 23.5 Å². The van der Waals surface area contributed by atoms with Gasteiger partial charge >= 0.3 is 0 Å². The highest BCUT2D eigenvalue weighted by molar-refractivity contribution is 7.89. The van der Waals surface area contributed by atoms with Crippen molar-refractivity contribution in [1.29, 1.82) is 5.26 Å². The van der Waals surface area contributed by atoms with Crippen LogP contribution in [0.25, 0.3) is 0 Å². The van der Waals surface area contributed by atoms with Crippen LogP contribution in [0.5, 0.6) is 0 Å². The molecule has 0 aliphatic carbocycles. The molecule has 5 rings (SSSR count). The summed E-state index contributed by atoms with van der Waals surface area (Å²) in [6, 6.07) is 32.4. The summed E-state index contributed by atoms with van der Waals surface area (Å²) < 4.78 is 29.3. The maximum absolute atomic E-state index is 9.56. The van der Waals surface area contributed by atoms with Crippen molar-refractivity contribution in [3.8, 4) is 6.07 Å². The van der Waals surface area contributed by atoms with Gasteiger partial charge in [-0.15, -0.1) is 0 Å². The quantitative estimate of drug-likeness (QED) is 0.284. The third-order valence-corrected chi connectivity index (χ3v) is 4.52. The average molecular weight is 572 g/mol. The van der Waals surface area contributed by atoms with Crippen molar-refractivity contribution in [2.75, 3.05) is 65.4 Å². The summed E-state index contributed by atoms with van der Waals surface area (Å²) in [6.45, 7) is 14.0. The predicted molar refractivity (Wildman–Crippen MR) is 168 cm³/mol. The van der Waals surface area contributed by atoms with E-state index in [1.54, 1.807) is 18.6 Å². The molecular weight excluding hydrogens is 522 g/mol. The Morgan fingerprint density at radius 3 is 0.900 bits per heavy atom. The fourth-order valence-electron chi connectivity index (χ4n) is 2.46. The number of hydrogen-bond acceptors (Lipinski definition) is 6. The van der Waals surface area contributed by atoms with E-state index in [1.807, 2.05) is 54.6 Å². The summed E-state index contributed by atoms with van der Waals surface area (Å²) in [5.74, 6) is 0. The first kappa shape index (κ1) is 39.4. The normalized spacial score (nSPS) is 12.9. The van der Waals surface area contributed by atoms with E-state index < -0.39 is 11.2 Å². The summed E-state index contributed by atoms with van der Waals surface area (Å²) >= 11 is -0.611. The van der Waals surface area contributed by atoms with Crippen LogP contribution in [0.2, 0.25) is 0 Å². The fraction of sp³-hybridized carbons (Fsp3) is 0.424. The second-order valence-corrected chi connectivity index (χ2v) is 9.79. The summed E-state index contributed by atoms with van der Waals surface area (Å²) in [6.07, 6.45) is 3.28. The van der Waals surface area contributed by atoms with Crippen molar-refractivity contribution in [1.82, 2.24) is 0 Å². The number of nitrogens with zero attached hydrogens (tertiary/aromatic N) is 1. The molecule has 0 unspecified atom stereocenters. The van der Waals surface area contributed by atoms with Crippen molar-refractivity contribution in [3.63, 3.8) is 0 Å². The van der Waals surface area contributed by atoms with Crippen LogP contribution in [-0.2, 0) is 30.1 Å². The number of benzene rings is 3. The second-order valence-electron chi connectivity index (χ2n) is 8.31. The Hall–Kier alpha value is -2.70. The molecule has 2 fully saturated rings. The average Bonchev–Trinajstić information content (AvgIpc) is 2.99. The minimum Gasteiger partial charge on any atom is -0.617 e. The van der Waals surface area contributed by atoms with Gasteiger partial charge in [0.1, 0.15) is 0 Å². The summed E-state index contributed by atoms with van der Waals surface area (Å²) in [4.78, 5) is 0. The number of nitriles is 1. The minimum atomic E-state index is -0.611. The lowest BCUT2D eigenvalue weighted by Gasteiger charge is -2.09. The van der Waals surface area contributed by atoms with E-state index in [9.17, 15) is 4.55 Å². The molecule has 3 aromatic rings. The molecule has 6 nitrogen and oxygen atoms in total. The van der Waals surface area contributed by atoms with E-state index in [-0.39, 0.29) is 0 Å². The van der Waals surface area contributed by atoms with Gasteiger partial charge in [-0.05, 0) is 31.9 Å². The van der Waals surface area contributed by atoms with E-state index in [0.29, 0.717) is 0 Å². The second kappa shape index (κ2) is 32.5. The third-order valence-electron chi connectivity index (χ3n) is 4.52. The SMILES string of the molecule is C1COCCO1.C1COCCO1.CC#N.C[S+](C)[O-].Cc1ccccc1.Cc1ccccc1C.c1ccccc1. The zero-order chi connectivity index (χ0) is 30.1. The molecule has 2 aliphatic heterocycles. The van der Waals surface area contributed by atoms with Gasteiger partial charge in [-0.3, -0.25) is 0 Å². The van der Waals surface area contributed by atoms with Gasteiger partial charge in [0.2, 0.25) is 0 Å². The summed E-state index contributed by atoms with van der Waals surface area (Å²) in [5.41, 5.74) is 4.06. The molecule has 0 amide bonds. The molecule has 0 radical (unpaired) electrons. The highest BCUT2D eigenvalue weighted by Crippen LogP contribution is 2.02. The zero-order valence-corrected chi connectivity index (χ0v) is 26.0. The Labute approximate surface area is 246 Å². The number of ether oxygens (including phenoxy) is 4. The maximum Gasteiger partial charge on any atom is 0.0946 e. The summed E-state index contributed by atoms with van der Waals surface area (Å²) in [5, 5.41) is 7.32. The van der Waals surface area contributed by atoms with E-state index >= 15 is 0 Å². The first-order chi connectivity index (χ1) is 19.3. The highest BCUT2D eigenvalue weighted by atomic mass is 32.2. The molecule has 2 saturated heterocycles. The minimum absolute atomic E-state index is 0.611. The van der Waals surface area contributed by atoms with Gasteiger partial charge in [0.25, 0.3) is 0 Å². The van der Waals surface area contributed by atoms with Crippen molar-refractivity contribution < 1.29 is 23.5 Å². The molecule has 0 N–H and O–H groups in total. The van der Waals surface area contributed by atoms with Gasteiger partial charge in [-0.25, -0.2) is 0 Å². The topological polar surface area (TPSA) is 83.8 Å². The molecular formula is C33H49NO5S. The summed E-state index contributed by atoms with van der Waals surface area (Å²) in [7, 11) is 0. The molecule has 2 aliphatic rings. The monoisotopic (exact) mass is 571 g/mol. The molecule has 0 bridgehead atoms. The van der Waals surface area contributed by atoms with Crippen LogP contribution in [0.1, 0.15) is 23.6 Å². The lowest BCUT2D eigenvalue weighted by Crippen LogP contribution is -2.16. The Morgan fingerprint density at radius 2 is 0.750 bits per heavy atom. The maximum atomic E-state index is 9.56. The molecule has 3 aromatic carbocycles. The predicted octanol–water partition coefficient (Wildman–Crippen LogP) is 6.58. The van der Waals surface area contributed by atoms with Crippen molar-refractivity contribution in [3.05, 3.63) is 108 Å². The van der Waals surface area contributed by atoms with Crippen LogP contribution >= 0.6 is 0 Å². The number of hydrogen-bond donors (Lipinski definition) is 0. The highest BCUT2D eigenvalue weighted by Gasteiger charge is 1.95. The molecule has 0 spiro atoms. The smallest absolute Gasteiger partial charge is 0.0946 e. The van der Waals surface area contributed by atoms with E-state index in [0.717, 1.165) is 52.9 Å². The lowest BCUT2D eigenvalue weighted by atomic mass is 10.1. The number of aryl methyl sites for hydroxylation is 3. The Kier molecular flexibility index (Phi) is 32.1. The van der Waals surface area contributed by atoms with Crippen LogP contribution in [0.15, 0.2) is 91.0 Å².